The Balaban J connectivity index is 1.58. The number of hydrogen-bond acceptors (Lipinski definition) is 3. The van der Waals surface area contributed by atoms with Crippen LogP contribution in [0.2, 0.25) is 5.02 Å². The van der Waals surface area contributed by atoms with Crippen LogP contribution in [-0.2, 0) is 17.8 Å². The molecule has 0 aliphatic heterocycles. The third-order valence-corrected chi connectivity index (χ3v) is 5.05. The summed E-state index contributed by atoms with van der Waals surface area (Å²) in [7, 11) is 1.67. The average Bonchev–Trinajstić information content (AvgIpc) is 3.31. The first kappa shape index (κ1) is 19.1. The van der Waals surface area contributed by atoms with Crippen molar-refractivity contribution in [3.05, 3.63) is 65.2 Å². The number of rotatable bonds is 6. The van der Waals surface area contributed by atoms with Gasteiger partial charge < -0.3 is 14.6 Å². The molecule has 2 aromatic carbocycles. The highest BCUT2D eigenvalue weighted by atomic mass is 35.5. The summed E-state index contributed by atoms with van der Waals surface area (Å²) in [6.07, 6.45) is 0.231. The SMILES string of the molecule is CCn1c(-c2cc(NC(=O)Cc3cccc(Cl)c3)n[nH]2)cc2c(OC)cccc21. The molecule has 2 aromatic heterocycles. The Labute approximate surface area is 173 Å². The average molecular weight is 409 g/mol. The molecule has 7 heteroatoms. The molecule has 0 aliphatic rings. The van der Waals surface area contributed by atoms with Crippen LogP contribution in [0.1, 0.15) is 12.5 Å². The molecule has 1 amide bonds. The Morgan fingerprint density at radius 3 is 2.79 bits per heavy atom. The number of amides is 1. The zero-order valence-electron chi connectivity index (χ0n) is 16.2. The number of aryl methyl sites for hydroxylation is 1. The maximum Gasteiger partial charge on any atom is 0.229 e. The van der Waals surface area contributed by atoms with Gasteiger partial charge in [0.15, 0.2) is 5.82 Å². The lowest BCUT2D eigenvalue weighted by Gasteiger charge is -2.06. The maximum absolute atomic E-state index is 12.4. The first-order valence-electron chi connectivity index (χ1n) is 9.35. The van der Waals surface area contributed by atoms with E-state index < -0.39 is 0 Å². The molecular weight excluding hydrogens is 388 g/mol. The molecule has 0 unspecified atom stereocenters. The van der Waals surface area contributed by atoms with Crippen LogP contribution in [0.4, 0.5) is 5.82 Å². The van der Waals surface area contributed by atoms with Crippen molar-refractivity contribution in [3.8, 4) is 17.1 Å². The highest BCUT2D eigenvalue weighted by Gasteiger charge is 2.15. The van der Waals surface area contributed by atoms with E-state index in [1.807, 2.05) is 30.3 Å². The molecule has 0 spiro atoms. The van der Waals surface area contributed by atoms with Gasteiger partial charge in [0.05, 0.1) is 30.4 Å². The Hall–Kier alpha value is -3.25. The molecule has 148 valence electrons. The molecule has 0 saturated heterocycles. The van der Waals surface area contributed by atoms with Gasteiger partial charge in [-0.1, -0.05) is 29.8 Å². The summed E-state index contributed by atoms with van der Waals surface area (Å²) in [5, 5.41) is 11.8. The van der Waals surface area contributed by atoms with E-state index in [1.54, 1.807) is 19.2 Å². The van der Waals surface area contributed by atoms with Crippen LogP contribution < -0.4 is 10.1 Å². The van der Waals surface area contributed by atoms with Gasteiger partial charge >= 0.3 is 0 Å². The van der Waals surface area contributed by atoms with E-state index in [-0.39, 0.29) is 12.3 Å². The number of hydrogen-bond donors (Lipinski definition) is 2. The van der Waals surface area contributed by atoms with E-state index in [9.17, 15) is 4.79 Å². The van der Waals surface area contributed by atoms with E-state index in [0.29, 0.717) is 10.8 Å². The fraction of sp³-hybridized carbons (Fsp3) is 0.182. The summed E-state index contributed by atoms with van der Waals surface area (Å²) >= 11 is 5.98. The van der Waals surface area contributed by atoms with Crippen molar-refractivity contribution in [1.82, 2.24) is 14.8 Å². The molecule has 0 fully saturated rings. The number of carbonyl (C=O) groups excluding carboxylic acids is 1. The second-order valence-electron chi connectivity index (χ2n) is 6.69. The van der Waals surface area contributed by atoms with Gasteiger partial charge in [0.25, 0.3) is 0 Å². The van der Waals surface area contributed by atoms with Crippen molar-refractivity contribution in [2.75, 3.05) is 12.4 Å². The number of benzene rings is 2. The number of nitrogens with one attached hydrogen (secondary N) is 2. The van der Waals surface area contributed by atoms with Crippen molar-refractivity contribution in [3.63, 3.8) is 0 Å². The highest BCUT2D eigenvalue weighted by Crippen LogP contribution is 2.33. The van der Waals surface area contributed by atoms with Crippen LogP contribution in [0.5, 0.6) is 5.75 Å². The zero-order valence-corrected chi connectivity index (χ0v) is 17.0. The summed E-state index contributed by atoms with van der Waals surface area (Å²) < 4.78 is 7.68. The van der Waals surface area contributed by atoms with Gasteiger partial charge in [-0.05, 0) is 42.8 Å². The lowest BCUT2D eigenvalue weighted by molar-refractivity contribution is -0.115. The Morgan fingerprint density at radius 2 is 2.03 bits per heavy atom. The molecule has 2 heterocycles. The van der Waals surface area contributed by atoms with E-state index in [2.05, 4.69) is 39.1 Å². The number of ether oxygens (including phenoxy) is 1. The van der Waals surface area contributed by atoms with Crippen molar-refractivity contribution in [1.29, 1.82) is 0 Å². The summed E-state index contributed by atoms with van der Waals surface area (Å²) in [6.45, 7) is 2.88. The fourth-order valence-electron chi connectivity index (χ4n) is 3.54. The number of aromatic amines is 1. The van der Waals surface area contributed by atoms with Crippen molar-refractivity contribution in [2.24, 2.45) is 0 Å². The van der Waals surface area contributed by atoms with Gasteiger partial charge in [-0.15, -0.1) is 0 Å². The van der Waals surface area contributed by atoms with Crippen LogP contribution in [0, 0.1) is 0 Å². The van der Waals surface area contributed by atoms with Gasteiger partial charge in [0.1, 0.15) is 5.75 Å². The topological polar surface area (TPSA) is 71.9 Å². The van der Waals surface area contributed by atoms with Crippen LogP contribution in [0.25, 0.3) is 22.3 Å². The number of anilines is 1. The maximum atomic E-state index is 12.4. The number of fused-ring (bicyclic) bond motifs is 1. The largest absolute Gasteiger partial charge is 0.496 e. The molecule has 2 N–H and O–H groups in total. The van der Waals surface area contributed by atoms with E-state index in [4.69, 9.17) is 16.3 Å². The van der Waals surface area contributed by atoms with Gasteiger partial charge in [-0.3, -0.25) is 9.89 Å². The molecule has 29 heavy (non-hydrogen) atoms. The van der Waals surface area contributed by atoms with Gasteiger partial charge in [-0.2, -0.15) is 5.10 Å². The Morgan fingerprint density at radius 1 is 1.21 bits per heavy atom. The zero-order chi connectivity index (χ0) is 20.4. The predicted octanol–water partition coefficient (Wildman–Crippen LogP) is 4.89. The normalized spacial score (nSPS) is 11.0. The van der Waals surface area contributed by atoms with E-state index in [0.717, 1.165) is 40.1 Å². The van der Waals surface area contributed by atoms with E-state index >= 15 is 0 Å². The number of methoxy groups -OCH3 is 1. The minimum Gasteiger partial charge on any atom is -0.496 e. The number of halogens is 1. The molecular formula is C22H21ClN4O2. The third kappa shape index (κ3) is 3.84. The molecule has 6 nitrogen and oxygen atoms in total. The Bertz CT molecular complexity index is 1180. The van der Waals surface area contributed by atoms with E-state index in [1.165, 1.54) is 0 Å². The van der Waals surface area contributed by atoms with Crippen molar-refractivity contribution >= 4 is 34.2 Å². The number of nitrogens with zero attached hydrogens (tertiary/aromatic N) is 2. The summed E-state index contributed by atoms with van der Waals surface area (Å²) in [5.41, 5.74) is 3.74. The van der Waals surface area contributed by atoms with Gasteiger partial charge in [0, 0.05) is 23.0 Å². The molecule has 4 rings (SSSR count). The quantitative estimate of drug-likeness (QED) is 0.477. The molecule has 0 bridgehead atoms. The van der Waals surface area contributed by atoms with Crippen LogP contribution in [0.3, 0.4) is 0 Å². The summed E-state index contributed by atoms with van der Waals surface area (Å²) in [4.78, 5) is 12.4. The molecule has 0 aliphatic carbocycles. The minimum absolute atomic E-state index is 0.150. The van der Waals surface area contributed by atoms with Crippen LogP contribution >= 0.6 is 11.6 Å². The first-order chi connectivity index (χ1) is 14.1. The van der Waals surface area contributed by atoms with Crippen LogP contribution in [0.15, 0.2) is 54.6 Å². The molecule has 4 aromatic rings. The fourth-order valence-corrected chi connectivity index (χ4v) is 3.75. The monoisotopic (exact) mass is 408 g/mol. The third-order valence-electron chi connectivity index (χ3n) is 4.82. The van der Waals surface area contributed by atoms with Crippen molar-refractivity contribution < 1.29 is 9.53 Å². The van der Waals surface area contributed by atoms with Gasteiger partial charge in [-0.25, -0.2) is 0 Å². The lowest BCUT2D eigenvalue weighted by atomic mass is 10.1. The second kappa shape index (κ2) is 8.01. The highest BCUT2D eigenvalue weighted by molar-refractivity contribution is 6.30. The number of H-pyrrole nitrogens is 1. The lowest BCUT2D eigenvalue weighted by Crippen LogP contribution is -2.14. The molecule has 0 radical (unpaired) electrons. The summed E-state index contributed by atoms with van der Waals surface area (Å²) in [6, 6.07) is 17.2. The number of carbonyl (C=O) groups is 1. The first-order valence-corrected chi connectivity index (χ1v) is 9.73. The van der Waals surface area contributed by atoms with Gasteiger partial charge in [0.2, 0.25) is 5.91 Å². The Kier molecular flexibility index (Phi) is 5.27. The van der Waals surface area contributed by atoms with Crippen LogP contribution in [-0.4, -0.2) is 27.8 Å². The standard InChI is InChI=1S/C22H21ClN4O2/c1-3-27-18-8-5-9-20(29-2)16(18)12-19(27)17-13-21(26-25-17)24-22(28)11-14-6-4-7-15(23)10-14/h4-10,12-13H,3,11H2,1-2H3,(H2,24,25,26,28). The summed E-state index contributed by atoms with van der Waals surface area (Å²) in [5.74, 6) is 1.15. The molecule has 0 saturated carbocycles. The minimum atomic E-state index is -0.150. The predicted molar refractivity (Wildman–Crippen MR) is 116 cm³/mol. The second-order valence-corrected chi connectivity index (χ2v) is 7.13. The number of aromatic nitrogens is 3. The smallest absolute Gasteiger partial charge is 0.229 e. The van der Waals surface area contributed by atoms with Crippen molar-refractivity contribution in [2.45, 2.75) is 19.9 Å². The molecule has 0 atom stereocenters.